The Morgan fingerprint density at radius 3 is 2.43 bits per heavy atom. The van der Waals surface area contributed by atoms with Crippen LogP contribution in [0.4, 0.5) is 0 Å². The molecule has 0 heterocycles. The third kappa shape index (κ3) is 4.87. The minimum absolute atomic E-state index is 0.631. The highest BCUT2D eigenvalue weighted by atomic mass is 16.5. The number of allylic oxidation sites excluding steroid dienone is 1. The molecule has 0 saturated carbocycles. The van der Waals surface area contributed by atoms with Crippen molar-refractivity contribution in [3.8, 4) is 5.75 Å². The first-order chi connectivity index (χ1) is 10.2. The summed E-state index contributed by atoms with van der Waals surface area (Å²) in [6.07, 6.45) is 6.06. The Bertz CT molecular complexity index is 464. The first kappa shape index (κ1) is 17.7. The fourth-order valence-corrected chi connectivity index (χ4v) is 2.54. The Morgan fingerprint density at radius 1 is 1.10 bits per heavy atom. The second-order valence-corrected chi connectivity index (χ2v) is 4.95. The fraction of sp³-hybridized carbons (Fsp3) is 0.556. The molecule has 3 heteroatoms. The van der Waals surface area contributed by atoms with E-state index in [-0.39, 0.29) is 0 Å². The van der Waals surface area contributed by atoms with Gasteiger partial charge >= 0.3 is 0 Å². The van der Waals surface area contributed by atoms with Crippen molar-refractivity contribution in [1.82, 2.24) is 0 Å². The second kappa shape index (κ2) is 9.59. The maximum absolute atomic E-state index is 5.62. The van der Waals surface area contributed by atoms with Crippen molar-refractivity contribution in [3.63, 3.8) is 0 Å². The lowest BCUT2D eigenvalue weighted by Crippen LogP contribution is -2.04. The molecule has 1 rings (SSSR count). The second-order valence-electron chi connectivity index (χ2n) is 4.95. The molecular formula is C18H28O3. The van der Waals surface area contributed by atoms with Crippen LogP contribution in [0.25, 0.3) is 0 Å². The van der Waals surface area contributed by atoms with Crippen molar-refractivity contribution < 1.29 is 14.2 Å². The Kier molecular flexibility index (Phi) is 8.09. The molecule has 0 bridgehead atoms. The zero-order valence-electron chi connectivity index (χ0n) is 14.0. The van der Waals surface area contributed by atoms with Crippen molar-refractivity contribution in [2.75, 3.05) is 27.4 Å². The van der Waals surface area contributed by atoms with Gasteiger partial charge in [0, 0.05) is 13.7 Å². The fourth-order valence-electron chi connectivity index (χ4n) is 2.54. The van der Waals surface area contributed by atoms with Crippen LogP contribution in [0.5, 0.6) is 5.75 Å². The predicted molar refractivity (Wildman–Crippen MR) is 87.2 cm³/mol. The van der Waals surface area contributed by atoms with E-state index in [2.05, 4.69) is 32.1 Å². The van der Waals surface area contributed by atoms with E-state index in [0.717, 1.165) is 25.2 Å². The van der Waals surface area contributed by atoms with Crippen LogP contribution in [0, 0.1) is 6.92 Å². The molecule has 0 saturated heterocycles. The highest BCUT2D eigenvalue weighted by molar-refractivity contribution is 5.50. The summed E-state index contributed by atoms with van der Waals surface area (Å²) < 4.78 is 16.3. The van der Waals surface area contributed by atoms with Crippen LogP contribution < -0.4 is 4.74 Å². The van der Waals surface area contributed by atoms with Crippen LogP contribution in [-0.2, 0) is 28.9 Å². The first-order valence-electron chi connectivity index (χ1n) is 7.59. The van der Waals surface area contributed by atoms with Crippen LogP contribution in [-0.4, -0.2) is 27.4 Å². The average Bonchev–Trinajstić information content (AvgIpc) is 2.49. The smallest absolute Gasteiger partial charge is 0.125 e. The van der Waals surface area contributed by atoms with Crippen LogP contribution in [0.15, 0.2) is 18.2 Å². The summed E-state index contributed by atoms with van der Waals surface area (Å²) in [4.78, 5) is 0. The first-order valence-corrected chi connectivity index (χ1v) is 7.59. The molecule has 21 heavy (non-hydrogen) atoms. The van der Waals surface area contributed by atoms with Gasteiger partial charge in [-0.3, -0.25) is 0 Å². The van der Waals surface area contributed by atoms with Crippen LogP contribution in [0.3, 0.4) is 0 Å². The summed E-state index contributed by atoms with van der Waals surface area (Å²) in [6.45, 7) is 8.33. The van der Waals surface area contributed by atoms with E-state index < -0.39 is 0 Å². The molecule has 0 aliphatic rings. The van der Waals surface area contributed by atoms with Crippen LogP contribution in [0.1, 0.15) is 36.1 Å². The van der Waals surface area contributed by atoms with Gasteiger partial charge < -0.3 is 14.2 Å². The monoisotopic (exact) mass is 292 g/mol. The summed E-state index contributed by atoms with van der Waals surface area (Å²) in [5.74, 6) is 0.973. The van der Waals surface area contributed by atoms with Crippen molar-refractivity contribution in [3.05, 3.63) is 40.5 Å². The number of hydrogen-bond acceptors (Lipinski definition) is 3. The van der Waals surface area contributed by atoms with E-state index >= 15 is 0 Å². The molecular weight excluding hydrogens is 264 g/mol. The highest BCUT2D eigenvalue weighted by Gasteiger charge is 2.14. The minimum atomic E-state index is 0.631. The number of benzene rings is 1. The third-order valence-corrected chi connectivity index (χ3v) is 3.62. The van der Waals surface area contributed by atoms with E-state index in [1.54, 1.807) is 14.2 Å². The van der Waals surface area contributed by atoms with Gasteiger partial charge in [-0.2, -0.15) is 0 Å². The van der Waals surface area contributed by atoms with E-state index in [1.165, 1.54) is 22.3 Å². The van der Waals surface area contributed by atoms with Crippen LogP contribution >= 0.6 is 0 Å². The Balaban J connectivity index is 3.02. The van der Waals surface area contributed by atoms with Gasteiger partial charge in [-0.1, -0.05) is 25.1 Å². The molecule has 0 radical (unpaired) electrons. The van der Waals surface area contributed by atoms with Gasteiger partial charge in [0.15, 0.2) is 0 Å². The molecule has 0 N–H and O–H groups in total. The summed E-state index contributed by atoms with van der Waals surface area (Å²) in [6, 6.07) is 2.24. The highest BCUT2D eigenvalue weighted by Crippen LogP contribution is 2.31. The van der Waals surface area contributed by atoms with E-state index in [9.17, 15) is 0 Å². The molecule has 118 valence electrons. The molecule has 0 fully saturated rings. The van der Waals surface area contributed by atoms with Crippen LogP contribution in [0.2, 0.25) is 0 Å². The topological polar surface area (TPSA) is 27.7 Å². The normalized spacial score (nSPS) is 11.3. The SMILES string of the molecule is CCOC/C=C/Cc1cc(CC)c(COC)c(C)c1OC. The van der Waals surface area contributed by atoms with Crippen molar-refractivity contribution in [2.24, 2.45) is 0 Å². The third-order valence-electron chi connectivity index (χ3n) is 3.62. The van der Waals surface area contributed by atoms with Crippen molar-refractivity contribution in [1.29, 1.82) is 0 Å². The Morgan fingerprint density at radius 2 is 1.86 bits per heavy atom. The number of methoxy groups -OCH3 is 2. The van der Waals surface area contributed by atoms with Gasteiger partial charge in [-0.05, 0) is 48.9 Å². The Hall–Kier alpha value is -1.32. The zero-order chi connectivity index (χ0) is 15.7. The summed E-state index contributed by atoms with van der Waals surface area (Å²) >= 11 is 0. The molecule has 0 spiro atoms. The molecule has 1 aromatic rings. The van der Waals surface area contributed by atoms with E-state index in [4.69, 9.17) is 14.2 Å². The standard InChI is InChI=1S/C18H28O3/c1-6-15-12-16(10-8-9-11-21-7-2)18(20-5)14(3)17(15)13-19-4/h8-9,12H,6-7,10-11,13H2,1-5H3/b9-8+. The lowest BCUT2D eigenvalue weighted by Gasteiger charge is -2.18. The number of rotatable bonds is 9. The summed E-state index contributed by atoms with van der Waals surface area (Å²) in [5.41, 5.74) is 4.99. The minimum Gasteiger partial charge on any atom is -0.496 e. The lowest BCUT2D eigenvalue weighted by atomic mass is 9.94. The average molecular weight is 292 g/mol. The van der Waals surface area contributed by atoms with Gasteiger partial charge in [0.25, 0.3) is 0 Å². The maximum Gasteiger partial charge on any atom is 0.125 e. The predicted octanol–water partition coefficient (Wildman–Crippen LogP) is 3.85. The molecule has 0 amide bonds. The van der Waals surface area contributed by atoms with Gasteiger partial charge in [-0.25, -0.2) is 0 Å². The lowest BCUT2D eigenvalue weighted by molar-refractivity contribution is 0.177. The quantitative estimate of drug-likeness (QED) is 0.511. The van der Waals surface area contributed by atoms with Gasteiger partial charge in [-0.15, -0.1) is 0 Å². The summed E-state index contributed by atoms with van der Waals surface area (Å²) in [7, 11) is 3.47. The van der Waals surface area contributed by atoms with Crippen molar-refractivity contribution in [2.45, 2.75) is 40.2 Å². The zero-order valence-corrected chi connectivity index (χ0v) is 14.0. The molecule has 0 unspecified atom stereocenters. The number of aryl methyl sites for hydroxylation is 1. The Labute approximate surface area is 128 Å². The van der Waals surface area contributed by atoms with E-state index in [0.29, 0.717) is 13.2 Å². The van der Waals surface area contributed by atoms with E-state index in [1.807, 2.05) is 6.92 Å². The maximum atomic E-state index is 5.62. The summed E-state index contributed by atoms with van der Waals surface area (Å²) in [5, 5.41) is 0. The number of hydrogen-bond donors (Lipinski definition) is 0. The largest absolute Gasteiger partial charge is 0.496 e. The van der Waals surface area contributed by atoms with Gasteiger partial charge in [0.05, 0.1) is 20.3 Å². The molecule has 3 nitrogen and oxygen atoms in total. The molecule has 0 aliphatic heterocycles. The van der Waals surface area contributed by atoms with Crippen molar-refractivity contribution >= 4 is 0 Å². The number of ether oxygens (including phenoxy) is 3. The van der Waals surface area contributed by atoms with Gasteiger partial charge in [0.1, 0.15) is 5.75 Å². The van der Waals surface area contributed by atoms with Gasteiger partial charge in [0.2, 0.25) is 0 Å². The molecule has 0 aromatic heterocycles. The molecule has 0 aliphatic carbocycles. The molecule has 1 aromatic carbocycles. The molecule has 0 atom stereocenters.